The fourth-order valence-corrected chi connectivity index (χ4v) is 1.04. The molecule has 0 aromatic heterocycles. The Morgan fingerprint density at radius 1 is 1.23 bits per heavy atom. The molecule has 0 aliphatic heterocycles. The standard InChI is InChI=1S/C9H12O4/c10-4-7-3-6(9(13)5-11)1-2-8(7)12/h1-3,9-13H,4-5H2. The van der Waals surface area contributed by atoms with Crippen LogP contribution in [0.3, 0.4) is 0 Å². The van der Waals surface area contributed by atoms with Gasteiger partial charge in [-0.25, -0.2) is 0 Å². The molecule has 0 aliphatic carbocycles. The lowest BCUT2D eigenvalue weighted by Crippen LogP contribution is -2.02. The van der Waals surface area contributed by atoms with Crippen molar-refractivity contribution in [1.29, 1.82) is 0 Å². The Balaban J connectivity index is 2.99. The first kappa shape index (κ1) is 9.98. The summed E-state index contributed by atoms with van der Waals surface area (Å²) in [5, 5.41) is 35.9. The van der Waals surface area contributed by atoms with Gasteiger partial charge >= 0.3 is 0 Å². The molecule has 1 atom stereocenters. The van der Waals surface area contributed by atoms with Crippen molar-refractivity contribution in [2.24, 2.45) is 0 Å². The quantitative estimate of drug-likeness (QED) is 0.529. The van der Waals surface area contributed by atoms with E-state index in [1.165, 1.54) is 18.2 Å². The van der Waals surface area contributed by atoms with E-state index >= 15 is 0 Å². The minimum Gasteiger partial charge on any atom is -0.508 e. The molecule has 0 bridgehead atoms. The van der Waals surface area contributed by atoms with Crippen molar-refractivity contribution in [3.8, 4) is 5.75 Å². The van der Waals surface area contributed by atoms with E-state index in [-0.39, 0.29) is 19.0 Å². The van der Waals surface area contributed by atoms with Gasteiger partial charge in [-0.1, -0.05) is 6.07 Å². The van der Waals surface area contributed by atoms with Crippen molar-refractivity contribution in [2.45, 2.75) is 12.7 Å². The van der Waals surface area contributed by atoms with Crippen LogP contribution in [0.1, 0.15) is 17.2 Å². The van der Waals surface area contributed by atoms with Crippen LogP contribution in [-0.4, -0.2) is 27.0 Å². The minimum atomic E-state index is -0.967. The van der Waals surface area contributed by atoms with Gasteiger partial charge in [0.15, 0.2) is 0 Å². The van der Waals surface area contributed by atoms with Crippen molar-refractivity contribution < 1.29 is 20.4 Å². The van der Waals surface area contributed by atoms with Crippen molar-refractivity contribution in [3.63, 3.8) is 0 Å². The maximum absolute atomic E-state index is 9.23. The van der Waals surface area contributed by atoms with E-state index in [0.29, 0.717) is 11.1 Å². The predicted molar refractivity (Wildman–Crippen MR) is 46.1 cm³/mol. The molecule has 1 aromatic rings. The molecule has 0 saturated carbocycles. The predicted octanol–water partition coefficient (Wildman–Crippen LogP) is -0.0898. The van der Waals surface area contributed by atoms with Crippen LogP contribution in [0, 0.1) is 0 Å². The van der Waals surface area contributed by atoms with Crippen LogP contribution in [0.25, 0.3) is 0 Å². The Kier molecular flexibility index (Phi) is 3.25. The molecule has 4 N–H and O–H groups in total. The van der Waals surface area contributed by atoms with Gasteiger partial charge in [0.1, 0.15) is 11.9 Å². The highest BCUT2D eigenvalue weighted by Gasteiger charge is 2.08. The SMILES string of the molecule is OCc1cc(C(O)CO)ccc1O. The number of aliphatic hydroxyl groups excluding tert-OH is 3. The summed E-state index contributed by atoms with van der Waals surface area (Å²) in [6, 6.07) is 4.32. The zero-order chi connectivity index (χ0) is 9.84. The number of aliphatic hydroxyl groups is 3. The fraction of sp³-hybridized carbons (Fsp3) is 0.333. The zero-order valence-corrected chi connectivity index (χ0v) is 7.01. The van der Waals surface area contributed by atoms with E-state index in [0.717, 1.165) is 0 Å². The van der Waals surface area contributed by atoms with E-state index in [4.69, 9.17) is 10.2 Å². The van der Waals surface area contributed by atoms with E-state index in [9.17, 15) is 10.2 Å². The molecule has 0 fully saturated rings. The number of hydrogen-bond acceptors (Lipinski definition) is 4. The summed E-state index contributed by atoms with van der Waals surface area (Å²) in [7, 11) is 0. The molecular weight excluding hydrogens is 172 g/mol. The number of aromatic hydroxyl groups is 1. The summed E-state index contributed by atoms with van der Waals surface area (Å²) in [6.45, 7) is -0.673. The van der Waals surface area contributed by atoms with E-state index in [1.807, 2.05) is 0 Å². The van der Waals surface area contributed by atoms with E-state index in [2.05, 4.69) is 0 Å². The monoisotopic (exact) mass is 184 g/mol. The van der Waals surface area contributed by atoms with Crippen LogP contribution in [0.5, 0.6) is 5.75 Å². The second-order valence-electron chi connectivity index (χ2n) is 2.74. The molecule has 0 radical (unpaired) electrons. The van der Waals surface area contributed by atoms with Crippen LogP contribution >= 0.6 is 0 Å². The summed E-state index contributed by atoms with van der Waals surface area (Å²) < 4.78 is 0. The van der Waals surface area contributed by atoms with Gasteiger partial charge in [-0.3, -0.25) is 0 Å². The summed E-state index contributed by atoms with van der Waals surface area (Å²) in [4.78, 5) is 0. The fourth-order valence-electron chi connectivity index (χ4n) is 1.04. The van der Waals surface area contributed by atoms with Gasteiger partial charge in [-0.05, 0) is 17.7 Å². The first-order valence-electron chi connectivity index (χ1n) is 3.90. The molecule has 1 aromatic carbocycles. The van der Waals surface area contributed by atoms with Gasteiger partial charge in [0, 0.05) is 5.56 Å². The van der Waals surface area contributed by atoms with Crippen LogP contribution in [0.4, 0.5) is 0 Å². The van der Waals surface area contributed by atoms with Crippen molar-refractivity contribution in [2.75, 3.05) is 6.61 Å². The molecule has 72 valence electrons. The largest absolute Gasteiger partial charge is 0.508 e. The van der Waals surface area contributed by atoms with E-state index < -0.39 is 6.10 Å². The number of phenols is 1. The average molecular weight is 184 g/mol. The third-order valence-corrected chi connectivity index (χ3v) is 1.83. The molecule has 0 heterocycles. The highest BCUT2D eigenvalue weighted by Crippen LogP contribution is 2.21. The number of benzene rings is 1. The third-order valence-electron chi connectivity index (χ3n) is 1.83. The van der Waals surface area contributed by atoms with Crippen LogP contribution in [0.15, 0.2) is 18.2 Å². The Morgan fingerprint density at radius 2 is 1.92 bits per heavy atom. The number of hydrogen-bond donors (Lipinski definition) is 4. The lowest BCUT2D eigenvalue weighted by Gasteiger charge is -2.09. The topological polar surface area (TPSA) is 80.9 Å². The Hall–Kier alpha value is -1.10. The second kappa shape index (κ2) is 4.23. The average Bonchev–Trinajstić information content (AvgIpc) is 2.17. The van der Waals surface area contributed by atoms with Gasteiger partial charge in [0.2, 0.25) is 0 Å². The van der Waals surface area contributed by atoms with Crippen molar-refractivity contribution in [3.05, 3.63) is 29.3 Å². The highest BCUT2D eigenvalue weighted by atomic mass is 16.3. The minimum absolute atomic E-state index is 0.0172. The second-order valence-corrected chi connectivity index (χ2v) is 2.74. The summed E-state index contributed by atoms with van der Waals surface area (Å²) >= 11 is 0. The Labute approximate surface area is 75.7 Å². The normalized spacial score (nSPS) is 12.8. The van der Waals surface area contributed by atoms with Gasteiger partial charge in [0.25, 0.3) is 0 Å². The van der Waals surface area contributed by atoms with Crippen molar-refractivity contribution >= 4 is 0 Å². The third kappa shape index (κ3) is 2.18. The lowest BCUT2D eigenvalue weighted by atomic mass is 10.1. The van der Waals surface area contributed by atoms with Gasteiger partial charge < -0.3 is 20.4 Å². The smallest absolute Gasteiger partial charge is 0.121 e. The molecule has 1 unspecified atom stereocenters. The summed E-state index contributed by atoms with van der Waals surface area (Å²) in [5.74, 6) is -0.0172. The zero-order valence-electron chi connectivity index (χ0n) is 7.01. The molecule has 0 spiro atoms. The van der Waals surface area contributed by atoms with Gasteiger partial charge in [-0.15, -0.1) is 0 Å². The van der Waals surface area contributed by atoms with Crippen LogP contribution < -0.4 is 0 Å². The Bertz CT molecular complexity index is 285. The molecule has 4 nitrogen and oxygen atoms in total. The molecule has 13 heavy (non-hydrogen) atoms. The molecule has 0 amide bonds. The molecule has 0 saturated heterocycles. The van der Waals surface area contributed by atoms with Gasteiger partial charge in [0.05, 0.1) is 13.2 Å². The van der Waals surface area contributed by atoms with Crippen LogP contribution in [-0.2, 0) is 6.61 Å². The van der Waals surface area contributed by atoms with Crippen LogP contribution in [0.2, 0.25) is 0 Å². The maximum Gasteiger partial charge on any atom is 0.121 e. The molecular formula is C9H12O4. The summed E-state index contributed by atoms with van der Waals surface area (Å²) in [5.41, 5.74) is 0.814. The first-order valence-corrected chi connectivity index (χ1v) is 3.90. The lowest BCUT2D eigenvalue weighted by molar-refractivity contribution is 0.0954. The highest BCUT2D eigenvalue weighted by molar-refractivity contribution is 5.36. The first-order chi connectivity index (χ1) is 6.19. The Morgan fingerprint density at radius 3 is 2.46 bits per heavy atom. The number of rotatable bonds is 3. The summed E-state index contributed by atoms with van der Waals surface area (Å²) in [6.07, 6.45) is -0.967. The molecule has 4 heteroatoms. The van der Waals surface area contributed by atoms with E-state index in [1.54, 1.807) is 0 Å². The molecule has 0 aliphatic rings. The van der Waals surface area contributed by atoms with Gasteiger partial charge in [-0.2, -0.15) is 0 Å². The maximum atomic E-state index is 9.23. The molecule has 1 rings (SSSR count). The van der Waals surface area contributed by atoms with Crippen molar-refractivity contribution in [1.82, 2.24) is 0 Å².